The molecular formula is C17H17ClFNO4S. The second-order valence-corrected chi connectivity index (χ2v) is 7.70. The second-order valence-electron chi connectivity index (χ2n) is 5.35. The molecule has 2 aromatic carbocycles. The van der Waals surface area contributed by atoms with Gasteiger partial charge in [-0.15, -0.1) is 0 Å². The number of ether oxygens (including phenoxy) is 1. The maximum atomic E-state index is 13.8. The van der Waals surface area contributed by atoms with E-state index in [1.165, 1.54) is 19.1 Å². The van der Waals surface area contributed by atoms with Gasteiger partial charge in [0, 0.05) is 11.6 Å². The number of hydrogen-bond acceptors (Lipinski definition) is 4. The van der Waals surface area contributed by atoms with Crippen molar-refractivity contribution in [2.45, 2.75) is 18.4 Å². The summed E-state index contributed by atoms with van der Waals surface area (Å²) in [5.41, 5.74) is 0.841. The van der Waals surface area contributed by atoms with Crippen LogP contribution in [0.5, 0.6) is 0 Å². The lowest BCUT2D eigenvalue weighted by molar-refractivity contribution is -0.140. The molecule has 0 fully saturated rings. The van der Waals surface area contributed by atoms with Crippen LogP contribution < -0.4 is 0 Å². The molecule has 0 bridgehead atoms. The van der Waals surface area contributed by atoms with Crippen molar-refractivity contribution in [3.8, 4) is 0 Å². The van der Waals surface area contributed by atoms with E-state index in [9.17, 15) is 17.6 Å². The van der Waals surface area contributed by atoms with Gasteiger partial charge in [-0.1, -0.05) is 35.9 Å². The lowest BCUT2D eigenvalue weighted by atomic mass is 10.2. The highest BCUT2D eigenvalue weighted by molar-refractivity contribution is 7.89. The van der Waals surface area contributed by atoms with Gasteiger partial charge in [0.05, 0.1) is 12.0 Å². The van der Waals surface area contributed by atoms with Gasteiger partial charge in [-0.3, -0.25) is 4.79 Å². The second kappa shape index (κ2) is 7.95. The summed E-state index contributed by atoms with van der Waals surface area (Å²) in [6, 6.07) is 10.3. The van der Waals surface area contributed by atoms with Gasteiger partial charge in [0.15, 0.2) is 0 Å². The molecule has 8 heteroatoms. The predicted octanol–water partition coefficient (Wildman–Crippen LogP) is 3.15. The molecule has 0 N–H and O–H groups in total. The van der Waals surface area contributed by atoms with Crippen LogP contribution in [-0.4, -0.2) is 32.3 Å². The van der Waals surface area contributed by atoms with Crippen LogP contribution in [0.1, 0.15) is 11.1 Å². The molecule has 2 rings (SSSR count). The molecule has 0 aliphatic heterocycles. The van der Waals surface area contributed by atoms with Crippen molar-refractivity contribution in [3.63, 3.8) is 0 Å². The van der Waals surface area contributed by atoms with Crippen molar-refractivity contribution < 1.29 is 22.3 Å². The number of rotatable bonds is 6. The normalized spacial score (nSPS) is 11.6. The van der Waals surface area contributed by atoms with E-state index >= 15 is 0 Å². The zero-order valence-electron chi connectivity index (χ0n) is 13.7. The number of aryl methyl sites for hydroxylation is 1. The Morgan fingerprint density at radius 3 is 2.52 bits per heavy atom. The van der Waals surface area contributed by atoms with Crippen LogP contribution in [0.4, 0.5) is 4.39 Å². The van der Waals surface area contributed by atoms with Gasteiger partial charge < -0.3 is 4.74 Å². The average molecular weight is 386 g/mol. The number of hydrogen-bond donors (Lipinski definition) is 0. The minimum absolute atomic E-state index is 0.146. The van der Waals surface area contributed by atoms with Crippen LogP contribution in [0, 0.1) is 12.7 Å². The number of benzene rings is 2. The third kappa shape index (κ3) is 4.56. The molecule has 0 heterocycles. The zero-order valence-corrected chi connectivity index (χ0v) is 15.3. The van der Waals surface area contributed by atoms with E-state index in [0.29, 0.717) is 16.1 Å². The third-order valence-electron chi connectivity index (χ3n) is 3.62. The van der Waals surface area contributed by atoms with Crippen LogP contribution in [0.15, 0.2) is 47.4 Å². The first kappa shape index (κ1) is 19.4. The van der Waals surface area contributed by atoms with Crippen LogP contribution in [0.2, 0.25) is 5.02 Å². The number of halogens is 2. The van der Waals surface area contributed by atoms with Gasteiger partial charge in [-0.2, -0.15) is 4.31 Å². The Morgan fingerprint density at radius 1 is 1.24 bits per heavy atom. The molecule has 0 saturated heterocycles. The van der Waals surface area contributed by atoms with Gasteiger partial charge in [0.2, 0.25) is 10.0 Å². The number of carbonyl (C=O) groups is 1. The smallest absolute Gasteiger partial charge is 0.321 e. The van der Waals surface area contributed by atoms with E-state index in [0.717, 1.165) is 17.5 Å². The fourth-order valence-corrected chi connectivity index (χ4v) is 3.70. The summed E-state index contributed by atoms with van der Waals surface area (Å²) in [6.45, 7) is 0.869. The summed E-state index contributed by atoms with van der Waals surface area (Å²) in [5, 5.41) is 0.364. The van der Waals surface area contributed by atoms with Crippen molar-refractivity contribution in [2.24, 2.45) is 0 Å². The number of nitrogens with zero attached hydrogens (tertiary/aromatic N) is 1. The van der Waals surface area contributed by atoms with Gasteiger partial charge in [0.25, 0.3) is 0 Å². The number of methoxy groups -OCH3 is 1. The van der Waals surface area contributed by atoms with Crippen molar-refractivity contribution >= 4 is 27.6 Å². The molecule has 0 atom stereocenters. The Morgan fingerprint density at radius 2 is 1.92 bits per heavy atom. The summed E-state index contributed by atoms with van der Waals surface area (Å²) < 4.78 is 45.0. The maximum absolute atomic E-state index is 13.8. The number of carbonyl (C=O) groups excluding carboxylic acids is 1. The molecule has 0 aromatic heterocycles. The Bertz CT molecular complexity index is 886. The van der Waals surface area contributed by atoms with Gasteiger partial charge in [-0.25, -0.2) is 12.8 Å². The minimum Gasteiger partial charge on any atom is -0.468 e. The van der Waals surface area contributed by atoms with Gasteiger partial charge >= 0.3 is 5.97 Å². The molecule has 2 aromatic rings. The fourth-order valence-electron chi connectivity index (χ4n) is 2.13. The molecule has 0 saturated carbocycles. The van der Waals surface area contributed by atoms with Gasteiger partial charge in [-0.05, 0) is 36.2 Å². The molecule has 5 nitrogen and oxygen atoms in total. The topological polar surface area (TPSA) is 63.7 Å². The highest BCUT2D eigenvalue weighted by Gasteiger charge is 2.28. The van der Waals surface area contributed by atoms with Crippen LogP contribution in [0.3, 0.4) is 0 Å². The molecular weight excluding hydrogens is 369 g/mol. The highest BCUT2D eigenvalue weighted by Crippen LogP contribution is 2.23. The summed E-state index contributed by atoms with van der Waals surface area (Å²) >= 11 is 6.08. The Labute approximate surface area is 151 Å². The minimum atomic E-state index is -4.13. The van der Waals surface area contributed by atoms with Crippen molar-refractivity contribution in [1.82, 2.24) is 4.31 Å². The quantitative estimate of drug-likeness (QED) is 0.716. The van der Waals surface area contributed by atoms with Crippen molar-refractivity contribution in [2.75, 3.05) is 13.7 Å². The molecule has 0 spiro atoms. The first-order valence-electron chi connectivity index (χ1n) is 7.32. The lowest BCUT2D eigenvalue weighted by Gasteiger charge is -2.22. The first-order valence-corrected chi connectivity index (χ1v) is 9.14. The van der Waals surface area contributed by atoms with Crippen LogP contribution in [0.25, 0.3) is 0 Å². The maximum Gasteiger partial charge on any atom is 0.321 e. The SMILES string of the molecule is COC(=O)CN(Cc1ccccc1Cl)S(=O)(=O)c1ccc(C)c(F)c1. The Hall–Kier alpha value is -1.96. The van der Waals surface area contributed by atoms with Crippen molar-refractivity contribution in [1.29, 1.82) is 0 Å². The molecule has 0 aliphatic rings. The Balaban J connectivity index is 2.44. The van der Waals surface area contributed by atoms with E-state index in [4.69, 9.17) is 11.6 Å². The molecule has 0 radical (unpaired) electrons. The average Bonchev–Trinajstić information content (AvgIpc) is 2.58. The monoisotopic (exact) mass is 385 g/mol. The number of sulfonamides is 1. The van der Waals surface area contributed by atoms with Crippen LogP contribution in [-0.2, 0) is 26.1 Å². The number of esters is 1. The largest absolute Gasteiger partial charge is 0.468 e. The molecule has 134 valence electrons. The predicted molar refractivity (Wildman–Crippen MR) is 92.2 cm³/mol. The Kier molecular flexibility index (Phi) is 6.16. The fraction of sp³-hybridized carbons (Fsp3) is 0.235. The molecule has 0 unspecified atom stereocenters. The van der Waals surface area contributed by atoms with E-state index in [2.05, 4.69) is 4.74 Å². The molecule has 25 heavy (non-hydrogen) atoms. The summed E-state index contributed by atoms with van der Waals surface area (Å²) in [4.78, 5) is 11.4. The van der Waals surface area contributed by atoms with E-state index < -0.39 is 28.4 Å². The zero-order chi connectivity index (χ0) is 18.6. The standard InChI is InChI=1S/C17H17ClFNO4S/c1-12-7-8-14(9-16(12)19)25(22,23)20(11-17(21)24-2)10-13-5-3-4-6-15(13)18/h3-9H,10-11H2,1-2H3. The third-order valence-corrected chi connectivity index (χ3v) is 5.78. The first-order chi connectivity index (χ1) is 11.8. The van der Waals surface area contributed by atoms with E-state index in [-0.39, 0.29) is 11.4 Å². The summed E-state index contributed by atoms with van der Waals surface area (Å²) in [7, 11) is -2.97. The van der Waals surface area contributed by atoms with Crippen LogP contribution >= 0.6 is 11.6 Å². The molecule has 0 aliphatic carbocycles. The van der Waals surface area contributed by atoms with Gasteiger partial charge in [0.1, 0.15) is 12.4 Å². The van der Waals surface area contributed by atoms with E-state index in [1.54, 1.807) is 24.3 Å². The lowest BCUT2D eigenvalue weighted by Crippen LogP contribution is -2.36. The summed E-state index contributed by atoms with van der Waals surface area (Å²) in [6.07, 6.45) is 0. The summed E-state index contributed by atoms with van der Waals surface area (Å²) in [5.74, 6) is -1.37. The van der Waals surface area contributed by atoms with E-state index in [1.807, 2.05) is 0 Å². The van der Waals surface area contributed by atoms with Crippen molar-refractivity contribution in [3.05, 3.63) is 64.4 Å². The highest BCUT2D eigenvalue weighted by atomic mass is 35.5. The molecule has 0 amide bonds.